The van der Waals surface area contributed by atoms with Gasteiger partial charge in [0.15, 0.2) is 11.6 Å². The van der Waals surface area contributed by atoms with Gasteiger partial charge in [-0.15, -0.1) is 10.2 Å². The zero-order chi connectivity index (χ0) is 23.4. The molecule has 1 aliphatic rings. The van der Waals surface area contributed by atoms with Crippen molar-refractivity contribution in [2.45, 2.75) is 26.5 Å². The van der Waals surface area contributed by atoms with Crippen molar-refractivity contribution in [3.8, 4) is 28.8 Å². The molecule has 0 fully saturated rings. The second-order valence-corrected chi connectivity index (χ2v) is 7.83. The van der Waals surface area contributed by atoms with E-state index in [0.29, 0.717) is 28.4 Å². The Labute approximate surface area is 187 Å². The standard InChI is InChI=1S/C21H20N10O2/c1-10-4-5-15-12(6-10)11(2)33-17-7-13(26-27-19(17)23)18-14(28-29(3)16(18)8-22)9-30-21(32)25-20(24)31(15)30/h4-7,11H,9H2,1-3H3,(H2,23,27)(H2,24,25,32)/t11-/m1/s1. The van der Waals surface area contributed by atoms with Crippen LogP contribution in [0.4, 0.5) is 11.8 Å². The number of nitrogens with zero attached hydrogens (tertiary/aromatic N) is 8. The number of nitriles is 1. The molecule has 12 heteroatoms. The number of aryl methyl sites for hydroxylation is 2. The molecule has 0 saturated heterocycles. The zero-order valence-electron chi connectivity index (χ0n) is 18.1. The third kappa shape index (κ3) is 3.09. The Morgan fingerprint density at radius 3 is 2.79 bits per heavy atom. The highest BCUT2D eigenvalue weighted by Crippen LogP contribution is 2.35. The van der Waals surface area contributed by atoms with Gasteiger partial charge < -0.3 is 16.2 Å². The molecule has 3 aromatic heterocycles. The molecule has 1 aliphatic heterocycles. The van der Waals surface area contributed by atoms with E-state index in [1.54, 1.807) is 13.1 Å². The van der Waals surface area contributed by atoms with Crippen LogP contribution in [-0.4, -0.2) is 34.3 Å². The van der Waals surface area contributed by atoms with Crippen LogP contribution in [0.3, 0.4) is 0 Å². The number of hydrogen-bond donors (Lipinski definition) is 2. The molecule has 0 amide bonds. The molecule has 1 aromatic carbocycles. The summed E-state index contributed by atoms with van der Waals surface area (Å²) in [5.74, 6) is 0.445. The van der Waals surface area contributed by atoms with E-state index in [-0.39, 0.29) is 24.0 Å². The lowest BCUT2D eigenvalue weighted by atomic mass is 10.0. The molecule has 4 heterocycles. The Hall–Kier alpha value is -4.66. The van der Waals surface area contributed by atoms with E-state index in [0.717, 1.165) is 11.1 Å². The van der Waals surface area contributed by atoms with Crippen LogP contribution in [0.1, 0.15) is 35.5 Å². The van der Waals surface area contributed by atoms with E-state index >= 15 is 0 Å². The van der Waals surface area contributed by atoms with Crippen molar-refractivity contribution < 1.29 is 4.74 Å². The Morgan fingerprint density at radius 2 is 2.03 bits per heavy atom. The maximum absolute atomic E-state index is 12.8. The zero-order valence-corrected chi connectivity index (χ0v) is 18.1. The summed E-state index contributed by atoms with van der Waals surface area (Å²) in [5, 5.41) is 22.5. The maximum Gasteiger partial charge on any atom is 0.366 e. The molecular formula is C21H20N10O2. The summed E-state index contributed by atoms with van der Waals surface area (Å²) in [4.78, 5) is 16.8. The van der Waals surface area contributed by atoms with Crippen LogP contribution in [0.15, 0.2) is 29.1 Å². The summed E-state index contributed by atoms with van der Waals surface area (Å²) in [6.07, 6.45) is -0.493. The SMILES string of the molecule is Cc1ccc2c(c1)[C@@H](C)Oc1cc(nnc1N)-c1c(nn(C)c1C#N)Cn1c(=O)nc(N)n1-2. The average Bonchev–Trinajstić information content (AvgIpc) is 3.23. The lowest BCUT2D eigenvalue weighted by Crippen LogP contribution is -2.26. The smallest absolute Gasteiger partial charge is 0.366 e. The minimum Gasteiger partial charge on any atom is -0.482 e. The fourth-order valence-electron chi connectivity index (χ4n) is 4.08. The van der Waals surface area contributed by atoms with Crippen LogP contribution in [0, 0.1) is 18.3 Å². The van der Waals surface area contributed by atoms with Gasteiger partial charge in [0.1, 0.15) is 23.6 Å². The molecule has 1 atom stereocenters. The molecule has 4 N–H and O–H groups in total. The number of rotatable bonds is 0. The van der Waals surface area contributed by atoms with Gasteiger partial charge in [-0.05, 0) is 19.9 Å². The van der Waals surface area contributed by atoms with Crippen LogP contribution in [-0.2, 0) is 13.6 Å². The van der Waals surface area contributed by atoms with Gasteiger partial charge >= 0.3 is 5.69 Å². The summed E-state index contributed by atoms with van der Waals surface area (Å²) in [6.45, 7) is 3.81. The molecule has 12 nitrogen and oxygen atoms in total. The molecule has 0 unspecified atom stereocenters. The highest BCUT2D eigenvalue weighted by molar-refractivity contribution is 5.70. The monoisotopic (exact) mass is 444 g/mol. The van der Waals surface area contributed by atoms with Crippen molar-refractivity contribution in [3.05, 3.63) is 57.3 Å². The van der Waals surface area contributed by atoms with Gasteiger partial charge in [-0.3, -0.25) is 4.68 Å². The Bertz CT molecular complexity index is 1520. The van der Waals surface area contributed by atoms with Crippen molar-refractivity contribution in [1.82, 2.24) is 34.3 Å². The van der Waals surface area contributed by atoms with E-state index in [1.807, 2.05) is 32.0 Å². The number of nitrogen functional groups attached to an aromatic ring is 2. The number of nitrogens with two attached hydrogens (primary N) is 2. The van der Waals surface area contributed by atoms with Gasteiger partial charge in [-0.2, -0.15) is 15.3 Å². The first-order valence-electron chi connectivity index (χ1n) is 10.1. The quantitative estimate of drug-likeness (QED) is 0.403. The van der Waals surface area contributed by atoms with Gasteiger partial charge in [0.25, 0.3) is 0 Å². The average molecular weight is 444 g/mol. The largest absolute Gasteiger partial charge is 0.482 e. The first kappa shape index (κ1) is 20.3. The molecule has 4 aromatic rings. The van der Waals surface area contributed by atoms with Crippen molar-refractivity contribution in [2.24, 2.45) is 7.05 Å². The Kier molecular flexibility index (Phi) is 4.42. The number of fused-ring (bicyclic) bond motifs is 7. The lowest BCUT2D eigenvalue weighted by molar-refractivity contribution is 0.226. The second kappa shape index (κ2) is 7.20. The first-order chi connectivity index (χ1) is 15.8. The molecule has 5 rings (SSSR count). The van der Waals surface area contributed by atoms with Crippen LogP contribution in [0.25, 0.3) is 16.9 Å². The summed E-state index contributed by atoms with van der Waals surface area (Å²) in [7, 11) is 1.64. The normalized spacial score (nSPS) is 14.7. The Balaban J connectivity index is 1.89. The lowest BCUT2D eigenvalue weighted by Gasteiger charge is -2.22. The molecular weight excluding hydrogens is 424 g/mol. The van der Waals surface area contributed by atoms with Crippen LogP contribution < -0.4 is 21.9 Å². The molecule has 0 aliphatic carbocycles. The van der Waals surface area contributed by atoms with E-state index < -0.39 is 11.8 Å². The van der Waals surface area contributed by atoms with E-state index in [2.05, 4.69) is 26.3 Å². The molecule has 33 heavy (non-hydrogen) atoms. The number of aromatic nitrogens is 7. The number of hydrogen-bond acceptors (Lipinski definition) is 9. The van der Waals surface area contributed by atoms with Gasteiger partial charge in [0.2, 0.25) is 5.95 Å². The van der Waals surface area contributed by atoms with Gasteiger partial charge in [-0.1, -0.05) is 17.7 Å². The summed E-state index contributed by atoms with van der Waals surface area (Å²) >= 11 is 0. The fraction of sp³-hybridized carbons (Fsp3) is 0.238. The van der Waals surface area contributed by atoms with E-state index in [1.165, 1.54) is 14.0 Å². The van der Waals surface area contributed by atoms with E-state index in [4.69, 9.17) is 16.2 Å². The number of anilines is 2. The topological polar surface area (TPSA) is 168 Å². The van der Waals surface area contributed by atoms with Crippen molar-refractivity contribution >= 4 is 11.8 Å². The maximum atomic E-state index is 12.8. The van der Waals surface area contributed by atoms with Gasteiger partial charge in [0, 0.05) is 18.7 Å². The number of benzene rings is 1. The third-order valence-electron chi connectivity index (χ3n) is 5.61. The van der Waals surface area contributed by atoms with Crippen LogP contribution in [0.2, 0.25) is 0 Å². The predicted molar refractivity (Wildman–Crippen MR) is 118 cm³/mol. The summed E-state index contributed by atoms with van der Waals surface area (Å²) in [6, 6.07) is 9.48. The number of ether oxygens (including phenoxy) is 1. The van der Waals surface area contributed by atoms with Crippen molar-refractivity contribution in [3.63, 3.8) is 0 Å². The highest BCUT2D eigenvalue weighted by Gasteiger charge is 2.26. The summed E-state index contributed by atoms with van der Waals surface area (Å²) in [5.41, 5.74) is 15.5. The van der Waals surface area contributed by atoms with Gasteiger partial charge in [0.05, 0.1) is 23.5 Å². The Morgan fingerprint density at radius 1 is 1.24 bits per heavy atom. The van der Waals surface area contributed by atoms with Crippen LogP contribution >= 0.6 is 0 Å². The predicted octanol–water partition coefficient (Wildman–Crippen LogP) is 1.07. The molecule has 0 saturated carbocycles. The fourth-order valence-corrected chi connectivity index (χ4v) is 4.08. The van der Waals surface area contributed by atoms with Crippen molar-refractivity contribution in [1.29, 1.82) is 5.26 Å². The highest BCUT2D eigenvalue weighted by atomic mass is 16.5. The minimum absolute atomic E-state index is 0.00215. The van der Waals surface area contributed by atoms with Crippen LogP contribution in [0.5, 0.6) is 5.75 Å². The van der Waals surface area contributed by atoms with E-state index in [9.17, 15) is 10.1 Å². The first-order valence-corrected chi connectivity index (χ1v) is 10.1. The summed E-state index contributed by atoms with van der Waals surface area (Å²) < 4.78 is 10.5. The molecule has 0 spiro atoms. The second-order valence-electron chi connectivity index (χ2n) is 7.83. The molecule has 2 bridgehead atoms. The molecule has 166 valence electrons. The third-order valence-corrected chi connectivity index (χ3v) is 5.61. The van der Waals surface area contributed by atoms with Gasteiger partial charge in [-0.25, -0.2) is 14.2 Å². The molecule has 0 radical (unpaired) electrons. The van der Waals surface area contributed by atoms with Crippen molar-refractivity contribution in [2.75, 3.05) is 11.5 Å². The minimum atomic E-state index is -0.552.